The van der Waals surface area contributed by atoms with E-state index in [0.717, 1.165) is 18.7 Å². The molecule has 50 heavy (non-hydrogen) atoms. The average molecular weight is 704 g/mol. The van der Waals surface area contributed by atoms with Gasteiger partial charge in [0.1, 0.15) is 11.7 Å². The van der Waals surface area contributed by atoms with E-state index in [-0.39, 0.29) is 44.2 Å². The van der Waals surface area contributed by atoms with Gasteiger partial charge in [0.25, 0.3) is 0 Å². The molecule has 12 nitrogen and oxygen atoms in total. The molecule has 2 amide bonds. The molecule has 282 valence electrons. The number of aliphatic hydroxyl groups is 3. The molecule has 3 fully saturated rings. The molecule has 2 saturated heterocycles. The normalized spacial score (nSPS) is 32.8. The second kappa shape index (κ2) is 19.1. The van der Waals surface area contributed by atoms with Gasteiger partial charge in [0.05, 0.1) is 25.2 Å². The maximum absolute atomic E-state index is 13.4. The first-order chi connectivity index (χ1) is 23.8. The highest BCUT2D eigenvalue weighted by Crippen LogP contribution is 2.28. The smallest absolute Gasteiger partial charge is 0.410 e. The maximum Gasteiger partial charge on any atom is 0.410 e. The number of likely N-dealkylation sites (tertiary alicyclic amines) is 1. The summed E-state index contributed by atoms with van der Waals surface area (Å²) in [6.45, 7) is 10.9. The number of allylic oxidation sites excluding steroid dienone is 2. The van der Waals surface area contributed by atoms with Crippen LogP contribution in [0.5, 0.6) is 0 Å². The van der Waals surface area contributed by atoms with Crippen LogP contribution in [0.1, 0.15) is 91.9 Å². The Balaban J connectivity index is 1.39. The molecule has 3 aliphatic heterocycles. The second-order valence-corrected chi connectivity index (χ2v) is 15.1. The van der Waals surface area contributed by atoms with E-state index < -0.39 is 48.2 Å². The first-order valence-electron chi connectivity index (χ1n) is 18.7. The molecule has 3 heterocycles. The molecular weight excluding hydrogens is 642 g/mol. The molecule has 3 N–H and O–H groups in total. The van der Waals surface area contributed by atoms with Crippen molar-refractivity contribution in [2.24, 2.45) is 11.8 Å². The number of amides is 2. The third-order valence-electron chi connectivity index (χ3n) is 10.6. The van der Waals surface area contributed by atoms with E-state index in [0.29, 0.717) is 32.1 Å². The van der Waals surface area contributed by atoms with Gasteiger partial charge in [-0.2, -0.15) is 0 Å². The summed E-state index contributed by atoms with van der Waals surface area (Å²) in [5, 5.41) is 31.8. The summed E-state index contributed by atoms with van der Waals surface area (Å²) in [6.07, 6.45) is 13.1. The lowest BCUT2D eigenvalue weighted by atomic mass is 9.89. The van der Waals surface area contributed by atoms with Crippen LogP contribution in [0.2, 0.25) is 0 Å². The van der Waals surface area contributed by atoms with Crippen LogP contribution in [0.15, 0.2) is 36.0 Å². The van der Waals surface area contributed by atoms with Gasteiger partial charge in [-0.1, -0.05) is 63.8 Å². The Morgan fingerprint density at radius 1 is 0.980 bits per heavy atom. The van der Waals surface area contributed by atoms with Gasteiger partial charge in [-0.3, -0.25) is 9.69 Å². The van der Waals surface area contributed by atoms with Crippen LogP contribution in [0, 0.1) is 11.8 Å². The number of hydrogen-bond acceptors (Lipinski definition) is 10. The number of esters is 1. The Labute approximate surface area is 298 Å². The molecule has 4 rings (SSSR count). The van der Waals surface area contributed by atoms with Crippen molar-refractivity contribution in [2.75, 3.05) is 45.9 Å². The molecule has 0 spiro atoms. The molecule has 0 aromatic carbocycles. The van der Waals surface area contributed by atoms with Crippen LogP contribution < -0.4 is 0 Å². The Bertz CT molecular complexity index is 1200. The Morgan fingerprint density at radius 2 is 1.68 bits per heavy atom. The van der Waals surface area contributed by atoms with Gasteiger partial charge in [-0.25, -0.2) is 9.59 Å². The summed E-state index contributed by atoms with van der Waals surface area (Å²) in [7, 11) is 0. The number of hydrogen-bond donors (Lipinski definition) is 3. The van der Waals surface area contributed by atoms with E-state index in [2.05, 4.69) is 4.90 Å². The Hall–Kier alpha value is -2.93. The first kappa shape index (κ1) is 39.8. The fourth-order valence-electron chi connectivity index (χ4n) is 7.28. The van der Waals surface area contributed by atoms with Crippen LogP contribution in [-0.4, -0.2) is 130 Å². The monoisotopic (exact) mass is 703 g/mol. The highest BCUT2D eigenvalue weighted by molar-refractivity contribution is 5.70. The second-order valence-electron chi connectivity index (χ2n) is 15.1. The minimum Gasteiger partial charge on any atom is -0.457 e. The van der Waals surface area contributed by atoms with E-state index in [9.17, 15) is 29.7 Å². The first-order valence-corrected chi connectivity index (χ1v) is 18.7. The van der Waals surface area contributed by atoms with E-state index in [1.54, 1.807) is 17.9 Å². The number of piperazine rings is 1. The number of rotatable bonds is 7. The minimum absolute atomic E-state index is 0.0840. The number of cyclic esters (lactones) is 1. The van der Waals surface area contributed by atoms with E-state index in [4.69, 9.17) is 14.2 Å². The third kappa shape index (κ3) is 12.1. The van der Waals surface area contributed by atoms with E-state index in [1.165, 1.54) is 43.4 Å². The number of carbonyl (C=O) groups excluding carboxylic acids is 3. The minimum atomic E-state index is -1.48. The van der Waals surface area contributed by atoms with Crippen molar-refractivity contribution >= 4 is 18.2 Å². The van der Waals surface area contributed by atoms with Crippen LogP contribution in [0.25, 0.3) is 0 Å². The predicted octanol–water partition coefficient (Wildman–Crippen LogP) is 4.57. The van der Waals surface area contributed by atoms with Crippen molar-refractivity contribution in [3.05, 3.63) is 36.0 Å². The summed E-state index contributed by atoms with van der Waals surface area (Å²) in [6, 6.07) is 0.581. The van der Waals surface area contributed by atoms with Gasteiger partial charge in [0, 0.05) is 57.1 Å². The zero-order valence-electron chi connectivity index (χ0n) is 30.6. The molecule has 0 bridgehead atoms. The van der Waals surface area contributed by atoms with Crippen LogP contribution in [0.3, 0.4) is 0 Å². The van der Waals surface area contributed by atoms with Gasteiger partial charge < -0.3 is 39.3 Å². The van der Waals surface area contributed by atoms with Crippen molar-refractivity contribution in [3.63, 3.8) is 0 Å². The third-order valence-corrected chi connectivity index (χ3v) is 10.6. The van der Waals surface area contributed by atoms with E-state index >= 15 is 0 Å². The fourth-order valence-corrected chi connectivity index (χ4v) is 7.28. The van der Waals surface area contributed by atoms with Crippen molar-refractivity contribution < 1.29 is 43.9 Å². The Morgan fingerprint density at radius 3 is 2.34 bits per heavy atom. The number of aliphatic hydroxyl groups excluding tert-OH is 2. The van der Waals surface area contributed by atoms with Crippen molar-refractivity contribution in [1.82, 2.24) is 14.7 Å². The zero-order chi connectivity index (χ0) is 36.3. The van der Waals surface area contributed by atoms with Gasteiger partial charge in [-0.05, 0) is 57.6 Å². The fraction of sp³-hybridized carbons (Fsp3) is 0.763. The van der Waals surface area contributed by atoms with Crippen LogP contribution in [0.4, 0.5) is 9.59 Å². The molecule has 0 aromatic heterocycles. The molecule has 0 unspecified atom stereocenters. The summed E-state index contributed by atoms with van der Waals surface area (Å²) >= 11 is 0. The lowest BCUT2D eigenvalue weighted by Crippen LogP contribution is -2.53. The predicted molar refractivity (Wildman–Crippen MR) is 189 cm³/mol. The quantitative estimate of drug-likeness (QED) is 0.113. The maximum atomic E-state index is 13.4. The molecule has 0 aromatic rings. The summed E-state index contributed by atoms with van der Waals surface area (Å²) in [5.41, 5.74) is -0.726. The molecule has 7 atom stereocenters. The van der Waals surface area contributed by atoms with Crippen molar-refractivity contribution in [1.29, 1.82) is 0 Å². The molecule has 0 radical (unpaired) electrons. The molecule has 1 saturated carbocycles. The zero-order valence-corrected chi connectivity index (χ0v) is 30.6. The largest absolute Gasteiger partial charge is 0.457 e. The van der Waals surface area contributed by atoms with Crippen LogP contribution >= 0.6 is 0 Å². The van der Waals surface area contributed by atoms with Crippen molar-refractivity contribution in [2.45, 2.75) is 128 Å². The topological polar surface area (TPSA) is 149 Å². The van der Waals surface area contributed by atoms with Crippen molar-refractivity contribution in [3.8, 4) is 0 Å². The molecular formula is C38H61N3O9. The standard InChI is InChI=1S/C38H61N3O9/c1-27(26-48-36(45)41-19-17-32(43)25-41)10-9-11-28(2)35-29(3)14-15-33(38(4,47)18-16-31(42)24-34(44)50-35)49-37(46)40-22-20-39(21-23-40)30-12-7-5-6-8-13-30/h9-11,14-15,27,29-33,35,42-43,47H,5-8,12-13,16-26H2,1-4H3/b10-9+,15-14+,28-11+/t27-,29+,31+,32-,33-,35-,38+/m1/s1. The number of nitrogens with zero attached hydrogens (tertiary/aromatic N) is 3. The number of ether oxygens (including phenoxy) is 3. The Kier molecular flexibility index (Phi) is 15.2. The number of carbonyl (C=O) groups is 3. The van der Waals surface area contributed by atoms with E-state index in [1.807, 2.05) is 45.1 Å². The molecule has 12 heteroatoms. The summed E-state index contributed by atoms with van der Waals surface area (Å²) in [4.78, 5) is 44.3. The van der Waals surface area contributed by atoms with Gasteiger partial charge in [-0.15, -0.1) is 0 Å². The highest BCUT2D eigenvalue weighted by Gasteiger charge is 2.37. The van der Waals surface area contributed by atoms with Gasteiger partial charge in [0.15, 0.2) is 6.10 Å². The highest BCUT2D eigenvalue weighted by atomic mass is 16.6. The molecule has 4 aliphatic rings. The SMILES string of the molecule is C/C(=C\C=C\[C@@H](C)COC(=O)N1CC[C@@H](O)C1)[C@H]1OC(=O)C[C@@H](O)CC[C@](C)(O)[C@H](OC(=O)N2CCN(C3CCCCCC3)CC2)/C=C/[C@@H]1C. The lowest BCUT2D eigenvalue weighted by Gasteiger charge is -2.40. The van der Waals surface area contributed by atoms with Gasteiger partial charge >= 0.3 is 18.2 Å². The average Bonchev–Trinajstić information content (AvgIpc) is 3.34. The summed E-state index contributed by atoms with van der Waals surface area (Å²) < 4.78 is 17.3. The lowest BCUT2D eigenvalue weighted by molar-refractivity contribution is -0.151. The van der Waals surface area contributed by atoms with Crippen LogP contribution in [-0.2, 0) is 19.0 Å². The van der Waals surface area contributed by atoms with Gasteiger partial charge in [0.2, 0.25) is 0 Å². The summed E-state index contributed by atoms with van der Waals surface area (Å²) in [5.74, 6) is -0.980. The number of β-amino-alcohol motifs (C(OH)–C–C–N with tert-alkyl or cyclic N) is 1. The molecule has 1 aliphatic carbocycles.